The molecule has 0 bridgehead atoms. The molecule has 20 heavy (non-hydrogen) atoms. The van der Waals surface area contributed by atoms with E-state index in [0.29, 0.717) is 5.56 Å². The number of nitro groups is 1. The number of phenolic OH excluding ortho intramolecular Hbond substituents is 1. The SMILES string of the molecule is O=C(/C=C\c1ccc([N+](=O)[O-])cc1)c1ccccc1O. The second-order valence-corrected chi connectivity index (χ2v) is 4.06. The molecule has 0 atom stereocenters. The minimum absolute atomic E-state index is 0.00539. The third-order valence-corrected chi connectivity index (χ3v) is 2.70. The zero-order valence-electron chi connectivity index (χ0n) is 10.4. The van der Waals surface area contributed by atoms with Gasteiger partial charge >= 0.3 is 0 Å². The number of phenols is 1. The van der Waals surface area contributed by atoms with Crippen LogP contribution in [0.1, 0.15) is 15.9 Å². The number of hydrogen-bond acceptors (Lipinski definition) is 4. The molecule has 2 aromatic rings. The lowest BCUT2D eigenvalue weighted by molar-refractivity contribution is -0.384. The molecule has 2 rings (SSSR count). The van der Waals surface area contributed by atoms with Gasteiger partial charge in [-0.05, 0) is 35.9 Å². The molecule has 0 aromatic heterocycles. The Morgan fingerprint density at radius 1 is 1.10 bits per heavy atom. The quantitative estimate of drug-likeness (QED) is 0.400. The molecule has 100 valence electrons. The highest BCUT2D eigenvalue weighted by Crippen LogP contribution is 2.18. The molecule has 0 unspecified atom stereocenters. The number of carbonyl (C=O) groups excluding carboxylic acids is 1. The molecule has 0 fully saturated rings. The van der Waals surface area contributed by atoms with E-state index in [0.717, 1.165) is 0 Å². The summed E-state index contributed by atoms with van der Waals surface area (Å²) >= 11 is 0. The molecule has 0 saturated carbocycles. The Morgan fingerprint density at radius 3 is 2.35 bits per heavy atom. The van der Waals surface area contributed by atoms with E-state index in [-0.39, 0.29) is 22.8 Å². The van der Waals surface area contributed by atoms with E-state index in [4.69, 9.17) is 0 Å². The normalized spacial score (nSPS) is 10.6. The van der Waals surface area contributed by atoms with Crippen LogP contribution in [-0.2, 0) is 0 Å². The molecule has 0 amide bonds. The summed E-state index contributed by atoms with van der Waals surface area (Å²) in [5.74, 6) is -0.410. The van der Waals surface area contributed by atoms with Crippen LogP contribution in [0.15, 0.2) is 54.6 Å². The van der Waals surface area contributed by atoms with Crippen LogP contribution in [0, 0.1) is 10.1 Å². The molecule has 0 aliphatic carbocycles. The van der Waals surface area contributed by atoms with Gasteiger partial charge in [0.1, 0.15) is 5.75 Å². The van der Waals surface area contributed by atoms with Crippen LogP contribution < -0.4 is 0 Å². The zero-order valence-corrected chi connectivity index (χ0v) is 10.4. The maximum absolute atomic E-state index is 11.9. The van der Waals surface area contributed by atoms with E-state index in [1.165, 1.54) is 30.3 Å². The second kappa shape index (κ2) is 5.79. The molecule has 5 nitrogen and oxygen atoms in total. The van der Waals surface area contributed by atoms with Crippen molar-refractivity contribution in [3.05, 3.63) is 75.8 Å². The molecular weight excluding hydrogens is 258 g/mol. The van der Waals surface area contributed by atoms with E-state index in [1.54, 1.807) is 30.3 Å². The van der Waals surface area contributed by atoms with Crippen molar-refractivity contribution in [2.24, 2.45) is 0 Å². The van der Waals surface area contributed by atoms with Gasteiger partial charge in [0.05, 0.1) is 10.5 Å². The number of carbonyl (C=O) groups is 1. The standard InChI is InChI=1S/C15H11NO4/c17-14-4-2-1-3-13(14)15(18)10-7-11-5-8-12(9-6-11)16(19)20/h1-10,17H/b10-7-. The Kier molecular flexibility index (Phi) is 3.91. The minimum Gasteiger partial charge on any atom is -0.507 e. The van der Waals surface area contributed by atoms with Crippen molar-refractivity contribution in [2.45, 2.75) is 0 Å². The van der Waals surface area contributed by atoms with Crippen LogP contribution in [-0.4, -0.2) is 15.8 Å². The summed E-state index contributed by atoms with van der Waals surface area (Å²) in [7, 11) is 0. The second-order valence-electron chi connectivity index (χ2n) is 4.06. The third-order valence-electron chi connectivity index (χ3n) is 2.70. The summed E-state index contributed by atoms with van der Waals surface area (Å²) in [4.78, 5) is 21.9. The zero-order chi connectivity index (χ0) is 14.5. The highest BCUT2D eigenvalue weighted by atomic mass is 16.6. The summed E-state index contributed by atoms with van der Waals surface area (Å²) in [5.41, 5.74) is 0.874. The molecular formula is C15H11NO4. The predicted octanol–water partition coefficient (Wildman–Crippen LogP) is 3.20. The molecule has 0 aliphatic heterocycles. The largest absolute Gasteiger partial charge is 0.507 e. The predicted molar refractivity (Wildman–Crippen MR) is 74.6 cm³/mol. The van der Waals surface area contributed by atoms with Gasteiger partial charge < -0.3 is 5.11 Å². The minimum atomic E-state index is -0.485. The van der Waals surface area contributed by atoms with Gasteiger partial charge in [-0.15, -0.1) is 0 Å². The molecule has 0 aliphatic rings. The van der Waals surface area contributed by atoms with Crippen molar-refractivity contribution in [1.82, 2.24) is 0 Å². The van der Waals surface area contributed by atoms with Crippen molar-refractivity contribution < 1.29 is 14.8 Å². The average molecular weight is 269 g/mol. The van der Waals surface area contributed by atoms with Crippen molar-refractivity contribution in [3.8, 4) is 5.75 Å². The molecule has 0 saturated heterocycles. The average Bonchev–Trinajstić information content (AvgIpc) is 2.45. The lowest BCUT2D eigenvalue weighted by Crippen LogP contribution is -1.94. The van der Waals surface area contributed by atoms with E-state index < -0.39 is 4.92 Å². The van der Waals surface area contributed by atoms with Crippen molar-refractivity contribution in [1.29, 1.82) is 0 Å². The first-order valence-electron chi connectivity index (χ1n) is 5.83. The number of hydrogen-bond donors (Lipinski definition) is 1. The number of ketones is 1. The van der Waals surface area contributed by atoms with Gasteiger partial charge in [0, 0.05) is 12.1 Å². The Balaban J connectivity index is 2.15. The van der Waals surface area contributed by atoms with Crippen molar-refractivity contribution >= 4 is 17.5 Å². The fourth-order valence-corrected chi connectivity index (χ4v) is 1.65. The number of rotatable bonds is 4. The number of benzene rings is 2. The van der Waals surface area contributed by atoms with Crippen LogP contribution >= 0.6 is 0 Å². The summed E-state index contributed by atoms with van der Waals surface area (Å²) in [6.07, 6.45) is 2.86. The van der Waals surface area contributed by atoms with Gasteiger partial charge in [-0.1, -0.05) is 18.2 Å². The van der Waals surface area contributed by atoms with Crippen molar-refractivity contribution in [2.75, 3.05) is 0 Å². The number of para-hydroxylation sites is 1. The first-order valence-corrected chi connectivity index (χ1v) is 5.83. The molecule has 5 heteroatoms. The van der Waals surface area contributed by atoms with Crippen LogP contribution in [0.3, 0.4) is 0 Å². The van der Waals surface area contributed by atoms with E-state index in [1.807, 2.05) is 0 Å². The lowest BCUT2D eigenvalue weighted by atomic mass is 10.1. The maximum atomic E-state index is 11.9. The van der Waals surface area contributed by atoms with Gasteiger partial charge in [-0.3, -0.25) is 14.9 Å². The number of non-ortho nitro benzene ring substituents is 1. The van der Waals surface area contributed by atoms with Crippen LogP contribution in [0.4, 0.5) is 5.69 Å². The van der Waals surface area contributed by atoms with E-state index in [9.17, 15) is 20.0 Å². The van der Waals surface area contributed by atoms with Gasteiger partial charge in [0.15, 0.2) is 5.78 Å². The summed E-state index contributed by atoms with van der Waals surface area (Å²) in [5, 5.41) is 20.1. The molecule has 0 heterocycles. The van der Waals surface area contributed by atoms with E-state index in [2.05, 4.69) is 0 Å². The number of allylic oxidation sites excluding steroid dienone is 1. The van der Waals surface area contributed by atoms with Gasteiger partial charge in [-0.2, -0.15) is 0 Å². The molecule has 2 aromatic carbocycles. The highest BCUT2D eigenvalue weighted by molar-refractivity contribution is 6.08. The topological polar surface area (TPSA) is 80.4 Å². The summed E-state index contributed by atoms with van der Waals surface area (Å²) in [6, 6.07) is 12.1. The van der Waals surface area contributed by atoms with Crippen molar-refractivity contribution in [3.63, 3.8) is 0 Å². The number of aromatic hydroxyl groups is 1. The van der Waals surface area contributed by atoms with Gasteiger partial charge in [-0.25, -0.2) is 0 Å². The number of nitrogens with zero attached hydrogens (tertiary/aromatic N) is 1. The Morgan fingerprint density at radius 2 is 1.75 bits per heavy atom. The summed E-state index contributed by atoms with van der Waals surface area (Å²) < 4.78 is 0. The summed E-state index contributed by atoms with van der Waals surface area (Å²) in [6.45, 7) is 0. The van der Waals surface area contributed by atoms with E-state index >= 15 is 0 Å². The fourth-order valence-electron chi connectivity index (χ4n) is 1.65. The Hall–Kier alpha value is -2.95. The van der Waals surface area contributed by atoms with Crippen LogP contribution in [0.5, 0.6) is 5.75 Å². The Labute approximate surface area is 115 Å². The maximum Gasteiger partial charge on any atom is 0.269 e. The molecule has 0 radical (unpaired) electrons. The molecule has 1 N–H and O–H groups in total. The highest BCUT2D eigenvalue weighted by Gasteiger charge is 2.07. The van der Waals surface area contributed by atoms with Gasteiger partial charge in [0.25, 0.3) is 5.69 Å². The first-order chi connectivity index (χ1) is 9.58. The number of nitro benzene ring substituents is 1. The lowest BCUT2D eigenvalue weighted by Gasteiger charge is -1.99. The monoisotopic (exact) mass is 269 g/mol. The Bertz CT molecular complexity index is 675. The third kappa shape index (κ3) is 3.08. The molecule has 0 spiro atoms. The smallest absolute Gasteiger partial charge is 0.269 e. The first kappa shape index (κ1) is 13.5. The fraction of sp³-hybridized carbons (Fsp3) is 0. The van der Waals surface area contributed by atoms with Gasteiger partial charge in [0.2, 0.25) is 0 Å². The van der Waals surface area contributed by atoms with Crippen LogP contribution in [0.25, 0.3) is 6.08 Å². The van der Waals surface area contributed by atoms with Crippen LogP contribution in [0.2, 0.25) is 0 Å².